The molecule has 106 valence electrons. The monoisotopic (exact) mass is 280 g/mol. The first kappa shape index (κ1) is 13.1. The summed E-state index contributed by atoms with van der Waals surface area (Å²) in [7, 11) is 0. The zero-order valence-corrected chi connectivity index (χ0v) is 11.9. The highest BCUT2D eigenvalue weighted by Crippen LogP contribution is 2.25. The first-order valence-electron chi connectivity index (χ1n) is 6.56. The fourth-order valence-corrected chi connectivity index (χ4v) is 2.27. The van der Waals surface area contributed by atoms with Crippen LogP contribution in [0.2, 0.25) is 0 Å². The molecule has 21 heavy (non-hydrogen) atoms. The summed E-state index contributed by atoms with van der Waals surface area (Å²) in [4.78, 5) is 12.7. The van der Waals surface area contributed by atoms with E-state index in [9.17, 15) is 0 Å². The lowest BCUT2D eigenvalue weighted by Gasteiger charge is -2.09. The van der Waals surface area contributed by atoms with Crippen molar-refractivity contribution in [1.82, 2.24) is 15.0 Å². The Morgan fingerprint density at radius 2 is 1.67 bits per heavy atom. The molecule has 6 nitrogen and oxygen atoms in total. The maximum atomic E-state index is 6.05. The van der Waals surface area contributed by atoms with Crippen molar-refractivity contribution < 1.29 is 0 Å². The predicted molar refractivity (Wildman–Crippen MR) is 85.4 cm³/mol. The first-order chi connectivity index (χ1) is 10.0. The maximum Gasteiger partial charge on any atom is 0.222 e. The fourth-order valence-electron chi connectivity index (χ4n) is 2.27. The van der Waals surface area contributed by atoms with Gasteiger partial charge in [0.15, 0.2) is 0 Å². The van der Waals surface area contributed by atoms with Crippen LogP contribution in [-0.4, -0.2) is 15.0 Å². The average molecular weight is 280 g/mol. The quantitative estimate of drug-likeness (QED) is 0.666. The van der Waals surface area contributed by atoms with Gasteiger partial charge < -0.3 is 16.8 Å². The number of hydrogen-bond acceptors (Lipinski definition) is 6. The van der Waals surface area contributed by atoms with E-state index in [0.717, 1.165) is 28.0 Å². The molecule has 0 aliphatic heterocycles. The number of fused-ring (bicyclic) bond motifs is 1. The highest BCUT2D eigenvalue weighted by Gasteiger charge is 2.05. The van der Waals surface area contributed by atoms with Crippen LogP contribution in [0.1, 0.15) is 11.4 Å². The number of nitrogens with zero attached hydrogens (tertiary/aromatic N) is 3. The molecule has 0 bridgehead atoms. The molecule has 0 radical (unpaired) electrons. The van der Waals surface area contributed by atoms with Crippen LogP contribution in [0.5, 0.6) is 0 Å². The molecule has 5 N–H and O–H groups in total. The molecule has 3 rings (SSSR count). The second kappa shape index (κ2) is 4.90. The van der Waals surface area contributed by atoms with Crippen LogP contribution in [-0.2, 0) is 0 Å². The maximum absolute atomic E-state index is 6.05. The van der Waals surface area contributed by atoms with E-state index in [0.29, 0.717) is 11.5 Å². The number of aryl methyl sites for hydroxylation is 2. The Kier molecular flexibility index (Phi) is 3.06. The zero-order chi connectivity index (χ0) is 15.0. The third kappa shape index (κ3) is 2.69. The van der Waals surface area contributed by atoms with Gasteiger partial charge in [-0.15, -0.1) is 0 Å². The van der Waals surface area contributed by atoms with E-state index < -0.39 is 0 Å². The van der Waals surface area contributed by atoms with Gasteiger partial charge in [0.2, 0.25) is 5.95 Å². The summed E-state index contributed by atoms with van der Waals surface area (Å²) in [5.41, 5.74) is 15.9. The van der Waals surface area contributed by atoms with E-state index in [1.165, 1.54) is 0 Å². The number of benzene rings is 1. The van der Waals surface area contributed by atoms with Gasteiger partial charge in [-0.3, -0.25) is 4.98 Å². The molecule has 0 aliphatic carbocycles. The van der Waals surface area contributed by atoms with Crippen molar-refractivity contribution in [3.63, 3.8) is 0 Å². The van der Waals surface area contributed by atoms with Crippen molar-refractivity contribution in [2.75, 3.05) is 16.8 Å². The summed E-state index contributed by atoms with van der Waals surface area (Å²) >= 11 is 0. The number of pyridine rings is 1. The number of rotatable bonds is 2. The molecule has 2 aromatic heterocycles. The van der Waals surface area contributed by atoms with Crippen LogP contribution in [0.4, 0.5) is 23.1 Å². The van der Waals surface area contributed by atoms with E-state index in [-0.39, 0.29) is 5.95 Å². The number of aromatic nitrogens is 3. The normalized spacial score (nSPS) is 10.8. The standard InChI is InChI=1S/C15H16N6/c1-8-5-12(16)11-7-10(3-4-13(11)18-8)20-14-6-9(2)19-15(17)21-14/h3-7H,1-2H3,(H2,16,18)(H3,17,19,20,21). The Morgan fingerprint density at radius 1 is 0.905 bits per heavy atom. The molecule has 0 saturated carbocycles. The van der Waals surface area contributed by atoms with Gasteiger partial charge in [-0.05, 0) is 38.1 Å². The van der Waals surface area contributed by atoms with E-state index in [1.807, 2.05) is 44.2 Å². The van der Waals surface area contributed by atoms with E-state index >= 15 is 0 Å². The van der Waals surface area contributed by atoms with Crippen LogP contribution in [0, 0.1) is 13.8 Å². The van der Waals surface area contributed by atoms with Gasteiger partial charge in [0.1, 0.15) is 5.82 Å². The van der Waals surface area contributed by atoms with Crippen molar-refractivity contribution in [2.24, 2.45) is 0 Å². The minimum atomic E-state index is 0.245. The van der Waals surface area contributed by atoms with Crippen molar-refractivity contribution in [2.45, 2.75) is 13.8 Å². The lowest BCUT2D eigenvalue weighted by atomic mass is 10.1. The molecule has 0 amide bonds. The molecule has 0 saturated heterocycles. The van der Waals surface area contributed by atoms with Gasteiger partial charge >= 0.3 is 0 Å². The molecule has 1 aromatic carbocycles. The van der Waals surface area contributed by atoms with Gasteiger partial charge in [-0.1, -0.05) is 0 Å². The van der Waals surface area contributed by atoms with Crippen molar-refractivity contribution in [1.29, 1.82) is 0 Å². The van der Waals surface area contributed by atoms with Crippen LogP contribution in [0.25, 0.3) is 10.9 Å². The van der Waals surface area contributed by atoms with E-state index in [1.54, 1.807) is 0 Å². The lowest BCUT2D eigenvalue weighted by Crippen LogP contribution is -2.01. The van der Waals surface area contributed by atoms with Crippen LogP contribution < -0.4 is 16.8 Å². The van der Waals surface area contributed by atoms with Gasteiger partial charge in [0, 0.05) is 34.2 Å². The van der Waals surface area contributed by atoms with Crippen LogP contribution >= 0.6 is 0 Å². The zero-order valence-electron chi connectivity index (χ0n) is 11.9. The van der Waals surface area contributed by atoms with E-state index in [2.05, 4.69) is 20.3 Å². The molecule has 6 heteroatoms. The van der Waals surface area contributed by atoms with Gasteiger partial charge in [0.25, 0.3) is 0 Å². The summed E-state index contributed by atoms with van der Waals surface area (Å²) in [6.07, 6.45) is 0. The van der Waals surface area contributed by atoms with Crippen LogP contribution in [0.3, 0.4) is 0 Å². The summed E-state index contributed by atoms with van der Waals surface area (Å²) in [6.45, 7) is 3.79. The molecular weight excluding hydrogens is 264 g/mol. The minimum absolute atomic E-state index is 0.245. The fraction of sp³-hybridized carbons (Fsp3) is 0.133. The SMILES string of the molecule is Cc1cc(Nc2ccc3nc(C)cc(N)c3c2)nc(N)n1. The predicted octanol–water partition coefficient (Wildman–Crippen LogP) is 2.55. The van der Waals surface area contributed by atoms with Crippen LogP contribution in [0.15, 0.2) is 30.3 Å². The highest BCUT2D eigenvalue weighted by molar-refractivity contribution is 5.93. The topological polar surface area (TPSA) is 103 Å². The number of anilines is 4. The van der Waals surface area contributed by atoms with Crippen molar-refractivity contribution in [3.8, 4) is 0 Å². The molecule has 2 heterocycles. The molecule has 0 spiro atoms. The molecule has 0 fully saturated rings. The number of hydrogen-bond donors (Lipinski definition) is 3. The Bertz CT molecular complexity index is 808. The Balaban J connectivity index is 2.01. The Hall–Kier alpha value is -2.89. The highest BCUT2D eigenvalue weighted by atomic mass is 15.1. The van der Waals surface area contributed by atoms with Crippen molar-refractivity contribution >= 4 is 34.0 Å². The molecule has 3 aromatic rings. The smallest absolute Gasteiger partial charge is 0.222 e. The van der Waals surface area contributed by atoms with Gasteiger partial charge in [-0.2, -0.15) is 4.98 Å². The Labute approximate surface area is 122 Å². The van der Waals surface area contributed by atoms with Crippen molar-refractivity contribution in [3.05, 3.63) is 41.7 Å². The Morgan fingerprint density at radius 3 is 2.43 bits per heavy atom. The number of nitrogens with one attached hydrogen (secondary N) is 1. The molecular formula is C15H16N6. The van der Waals surface area contributed by atoms with Gasteiger partial charge in [-0.25, -0.2) is 4.98 Å². The molecule has 0 unspecified atom stereocenters. The second-order valence-electron chi connectivity index (χ2n) is 4.96. The largest absolute Gasteiger partial charge is 0.398 e. The first-order valence-corrected chi connectivity index (χ1v) is 6.56. The third-order valence-corrected chi connectivity index (χ3v) is 3.11. The summed E-state index contributed by atoms with van der Waals surface area (Å²) in [5.74, 6) is 0.896. The molecule has 0 aliphatic rings. The third-order valence-electron chi connectivity index (χ3n) is 3.11. The minimum Gasteiger partial charge on any atom is -0.398 e. The summed E-state index contributed by atoms with van der Waals surface area (Å²) in [5, 5.41) is 4.11. The lowest BCUT2D eigenvalue weighted by molar-refractivity contribution is 1.12. The second-order valence-corrected chi connectivity index (χ2v) is 4.96. The molecule has 0 atom stereocenters. The number of nitrogens with two attached hydrogens (primary N) is 2. The summed E-state index contributed by atoms with van der Waals surface area (Å²) < 4.78 is 0. The number of nitrogen functional groups attached to an aromatic ring is 2. The van der Waals surface area contributed by atoms with E-state index in [4.69, 9.17) is 11.5 Å². The van der Waals surface area contributed by atoms with Gasteiger partial charge in [0.05, 0.1) is 5.52 Å². The summed E-state index contributed by atoms with van der Waals surface area (Å²) in [6, 6.07) is 9.50. The average Bonchev–Trinajstić information content (AvgIpc) is 2.38.